The van der Waals surface area contributed by atoms with Gasteiger partial charge in [-0.1, -0.05) is 30.7 Å². The number of nitrogens with one attached hydrogen (secondary N) is 2. The van der Waals surface area contributed by atoms with Gasteiger partial charge < -0.3 is 10.3 Å². The molecule has 1 amide bonds. The van der Waals surface area contributed by atoms with Gasteiger partial charge >= 0.3 is 0 Å². The van der Waals surface area contributed by atoms with Crippen molar-refractivity contribution >= 4 is 22.8 Å². The van der Waals surface area contributed by atoms with Gasteiger partial charge in [-0.3, -0.25) is 4.79 Å². The summed E-state index contributed by atoms with van der Waals surface area (Å²) in [6.45, 7) is 0. The molecular formula is C22H19N5O. The summed E-state index contributed by atoms with van der Waals surface area (Å²) in [5.41, 5.74) is 3.60. The summed E-state index contributed by atoms with van der Waals surface area (Å²) in [5, 5.41) is 4.03. The van der Waals surface area contributed by atoms with Crippen LogP contribution in [-0.2, 0) is 10.2 Å². The lowest BCUT2D eigenvalue weighted by atomic mass is 9.63. The molecule has 138 valence electrons. The summed E-state index contributed by atoms with van der Waals surface area (Å²) in [6, 6.07) is 14.1. The quantitative estimate of drug-likeness (QED) is 0.568. The maximum atomic E-state index is 13.0. The molecule has 3 heterocycles. The molecule has 1 aromatic carbocycles. The van der Waals surface area contributed by atoms with E-state index in [9.17, 15) is 4.79 Å². The maximum absolute atomic E-state index is 13.0. The zero-order chi connectivity index (χ0) is 19.0. The SMILES string of the molecule is O=C(Nc1ccncn1)C1(c2ccc(-c3cnc4[nH]ccc4c3)cc2)CCC1. The zero-order valence-electron chi connectivity index (χ0n) is 15.2. The molecule has 0 saturated heterocycles. The van der Waals surface area contributed by atoms with Crippen LogP contribution in [0, 0.1) is 0 Å². The molecule has 0 spiro atoms. The molecule has 0 aliphatic heterocycles. The molecule has 1 aliphatic carbocycles. The number of carbonyl (C=O) groups is 1. The topological polar surface area (TPSA) is 83.6 Å². The maximum Gasteiger partial charge on any atom is 0.236 e. The van der Waals surface area contributed by atoms with E-state index < -0.39 is 5.41 Å². The number of anilines is 1. The third kappa shape index (κ3) is 2.74. The van der Waals surface area contributed by atoms with E-state index in [1.165, 1.54) is 6.33 Å². The van der Waals surface area contributed by atoms with Crippen LogP contribution in [0.25, 0.3) is 22.2 Å². The average molecular weight is 369 g/mol. The van der Waals surface area contributed by atoms with Crippen molar-refractivity contribution in [3.8, 4) is 11.1 Å². The number of fused-ring (bicyclic) bond motifs is 1. The van der Waals surface area contributed by atoms with Crippen LogP contribution < -0.4 is 5.32 Å². The fourth-order valence-electron chi connectivity index (χ4n) is 3.86. The van der Waals surface area contributed by atoms with Gasteiger partial charge in [0.2, 0.25) is 5.91 Å². The van der Waals surface area contributed by atoms with Crippen molar-refractivity contribution in [3.63, 3.8) is 0 Å². The molecule has 6 heteroatoms. The van der Waals surface area contributed by atoms with Crippen molar-refractivity contribution in [2.24, 2.45) is 0 Å². The van der Waals surface area contributed by atoms with Gasteiger partial charge in [0.25, 0.3) is 0 Å². The first-order valence-corrected chi connectivity index (χ1v) is 9.36. The number of rotatable bonds is 4. The Hall–Kier alpha value is -3.54. The van der Waals surface area contributed by atoms with Crippen LogP contribution in [0.4, 0.5) is 5.82 Å². The van der Waals surface area contributed by atoms with Crippen LogP contribution in [0.15, 0.2) is 67.4 Å². The highest BCUT2D eigenvalue weighted by atomic mass is 16.2. The predicted molar refractivity (Wildman–Crippen MR) is 108 cm³/mol. The lowest BCUT2D eigenvalue weighted by molar-refractivity contribution is -0.124. The molecule has 2 N–H and O–H groups in total. The van der Waals surface area contributed by atoms with E-state index in [1.54, 1.807) is 12.3 Å². The van der Waals surface area contributed by atoms with Crippen LogP contribution in [0.3, 0.4) is 0 Å². The van der Waals surface area contributed by atoms with E-state index in [0.29, 0.717) is 5.82 Å². The van der Waals surface area contributed by atoms with Crippen molar-refractivity contribution in [3.05, 3.63) is 72.9 Å². The van der Waals surface area contributed by atoms with Crippen LogP contribution in [0.5, 0.6) is 0 Å². The number of pyridine rings is 1. The minimum atomic E-state index is -0.480. The van der Waals surface area contributed by atoms with E-state index in [4.69, 9.17) is 0 Å². The Morgan fingerprint density at radius 1 is 1.04 bits per heavy atom. The number of hydrogen-bond acceptors (Lipinski definition) is 4. The second-order valence-electron chi connectivity index (χ2n) is 7.20. The Bertz CT molecular complexity index is 1130. The summed E-state index contributed by atoms with van der Waals surface area (Å²) in [4.78, 5) is 28.6. The highest BCUT2D eigenvalue weighted by molar-refractivity contribution is 5.99. The molecule has 0 radical (unpaired) electrons. The summed E-state index contributed by atoms with van der Waals surface area (Å²) in [6.07, 6.45) is 9.57. The van der Waals surface area contributed by atoms with Crippen LogP contribution in [0.2, 0.25) is 0 Å². The molecule has 28 heavy (non-hydrogen) atoms. The Balaban J connectivity index is 1.42. The molecule has 0 unspecified atom stereocenters. The smallest absolute Gasteiger partial charge is 0.236 e. The van der Waals surface area contributed by atoms with Gasteiger partial charge in [-0.05, 0) is 42.2 Å². The zero-order valence-corrected chi connectivity index (χ0v) is 15.2. The lowest BCUT2D eigenvalue weighted by Gasteiger charge is -2.40. The van der Waals surface area contributed by atoms with E-state index >= 15 is 0 Å². The standard InChI is InChI=1S/C22H19N5O/c28-21(27-19-7-10-23-14-26-19)22(8-1-9-22)18-4-2-15(3-5-18)17-12-16-6-11-24-20(16)25-13-17/h2-7,10-14H,1,8-9H2,(H,24,25)(H,23,26,27,28). The fraction of sp³-hybridized carbons (Fsp3) is 0.182. The molecule has 3 aromatic heterocycles. The van der Waals surface area contributed by atoms with Gasteiger partial charge in [-0.25, -0.2) is 15.0 Å². The number of amides is 1. The first-order valence-electron chi connectivity index (χ1n) is 9.36. The van der Waals surface area contributed by atoms with Crippen molar-refractivity contribution in [2.45, 2.75) is 24.7 Å². The number of aromatic nitrogens is 4. The Kier molecular flexibility index (Phi) is 3.90. The molecule has 1 fully saturated rings. The van der Waals surface area contributed by atoms with Crippen molar-refractivity contribution in [2.75, 3.05) is 5.32 Å². The van der Waals surface area contributed by atoms with Gasteiger partial charge in [0.15, 0.2) is 0 Å². The second kappa shape index (κ2) is 6.56. The number of nitrogens with zero attached hydrogens (tertiary/aromatic N) is 3. The van der Waals surface area contributed by atoms with Gasteiger partial charge in [-0.15, -0.1) is 0 Å². The monoisotopic (exact) mass is 369 g/mol. The molecule has 6 nitrogen and oxygen atoms in total. The average Bonchev–Trinajstić information content (AvgIpc) is 3.16. The molecule has 0 bridgehead atoms. The predicted octanol–water partition coefficient (Wildman–Crippen LogP) is 4.08. The molecule has 1 aliphatic rings. The first kappa shape index (κ1) is 16.6. The molecular weight excluding hydrogens is 350 g/mol. The molecule has 1 saturated carbocycles. The van der Waals surface area contributed by atoms with Crippen molar-refractivity contribution in [1.82, 2.24) is 19.9 Å². The molecule has 4 aromatic rings. The summed E-state index contributed by atoms with van der Waals surface area (Å²) in [7, 11) is 0. The van der Waals surface area contributed by atoms with Gasteiger partial charge in [-0.2, -0.15) is 0 Å². The Morgan fingerprint density at radius 2 is 1.89 bits per heavy atom. The Labute approximate surface area is 162 Å². The first-order chi connectivity index (χ1) is 13.7. The second-order valence-corrected chi connectivity index (χ2v) is 7.20. The number of carbonyl (C=O) groups excluding carboxylic acids is 1. The largest absolute Gasteiger partial charge is 0.346 e. The van der Waals surface area contributed by atoms with Gasteiger partial charge in [0.1, 0.15) is 17.8 Å². The summed E-state index contributed by atoms with van der Waals surface area (Å²) >= 11 is 0. The molecule has 0 atom stereocenters. The highest BCUT2D eigenvalue weighted by Crippen LogP contribution is 2.45. The number of hydrogen-bond donors (Lipinski definition) is 2. The van der Waals surface area contributed by atoms with E-state index in [2.05, 4.69) is 55.6 Å². The number of H-pyrrole nitrogens is 1. The van der Waals surface area contributed by atoms with E-state index in [1.807, 2.05) is 18.5 Å². The minimum absolute atomic E-state index is 0.000564. The summed E-state index contributed by atoms with van der Waals surface area (Å²) < 4.78 is 0. The highest BCUT2D eigenvalue weighted by Gasteiger charge is 2.45. The third-order valence-corrected chi connectivity index (χ3v) is 5.64. The van der Waals surface area contributed by atoms with Gasteiger partial charge in [0.05, 0.1) is 5.41 Å². The third-order valence-electron chi connectivity index (χ3n) is 5.64. The van der Waals surface area contributed by atoms with E-state index in [0.717, 1.165) is 47.0 Å². The van der Waals surface area contributed by atoms with Crippen LogP contribution >= 0.6 is 0 Å². The van der Waals surface area contributed by atoms with Crippen molar-refractivity contribution in [1.29, 1.82) is 0 Å². The van der Waals surface area contributed by atoms with Crippen LogP contribution in [0.1, 0.15) is 24.8 Å². The number of aromatic amines is 1. The normalized spacial score (nSPS) is 15.1. The lowest BCUT2D eigenvalue weighted by Crippen LogP contribution is -2.46. The summed E-state index contributed by atoms with van der Waals surface area (Å²) in [5.74, 6) is 0.536. The Morgan fingerprint density at radius 3 is 2.61 bits per heavy atom. The van der Waals surface area contributed by atoms with Crippen molar-refractivity contribution < 1.29 is 4.79 Å². The molecule has 5 rings (SSSR count). The minimum Gasteiger partial charge on any atom is -0.346 e. The fourth-order valence-corrected chi connectivity index (χ4v) is 3.86. The van der Waals surface area contributed by atoms with E-state index in [-0.39, 0.29) is 5.91 Å². The van der Waals surface area contributed by atoms with Crippen LogP contribution in [-0.4, -0.2) is 25.8 Å². The number of benzene rings is 1. The van der Waals surface area contributed by atoms with Gasteiger partial charge in [0, 0.05) is 29.5 Å².